The zero-order valence-corrected chi connectivity index (χ0v) is 14.3. The molecule has 1 aromatic heterocycles. The van der Waals surface area contributed by atoms with Crippen molar-refractivity contribution in [1.29, 1.82) is 0 Å². The average molecular weight is 387 g/mol. The number of nitro groups is 2. The van der Waals surface area contributed by atoms with Crippen molar-refractivity contribution < 1.29 is 9.85 Å². The van der Waals surface area contributed by atoms with Crippen LogP contribution in [0, 0.1) is 20.2 Å². The predicted molar refractivity (Wildman–Crippen MR) is 99.5 cm³/mol. The van der Waals surface area contributed by atoms with E-state index < -0.39 is 15.5 Å². The zero-order chi connectivity index (χ0) is 19.4. The number of non-ortho nitro benzene ring substituents is 1. The van der Waals surface area contributed by atoms with Crippen LogP contribution in [0.1, 0.15) is 5.69 Å². The van der Waals surface area contributed by atoms with Gasteiger partial charge in [0, 0.05) is 11.8 Å². The zero-order valence-electron chi connectivity index (χ0n) is 13.5. The number of imidazole rings is 1. The lowest BCUT2D eigenvalue weighted by atomic mass is 10.2. The number of rotatable bonds is 6. The molecule has 27 heavy (non-hydrogen) atoms. The number of nitro benzene ring substituents is 2. The minimum Gasteiger partial charge on any atom is -0.297 e. The van der Waals surface area contributed by atoms with Gasteiger partial charge in [-0.1, -0.05) is 29.8 Å². The monoisotopic (exact) mass is 386 g/mol. The summed E-state index contributed by atoms with van der Waals surface area (Å²) in [5.41, 5.74) is 2.92. The lowest BCUT2D eigenvalue weighted by Gasteiger charge is -2.05. The normalized spacial score (nSPS) is 10.9. The van der Waals surface area contributed by atoms with Gasteiger partial charge in [-0.15, -0.1) is 0 Å². The van der Waals surface area contributed by atoms with Crippen molar-refractivity contribution in [2.45, 2.75) is 0 Å². The minimum absolute atomic E-state index is 0.00347. The number of halogens is 1. The third-order valence-electron chi connectivity index (χ3n) is 3.55. The second-order valence-electron chi connectivity index (χ2n) is 5.21. The number of nitrogens with zero attached hydrogens (tertiary/aromatic N) is 5. The molecule has 0 aliphatic carbocycles. The third-order valence-corrected chi connectivity index (χ3v) is 3.84. The van der Waals surface area contributed by atoms with Crippen LogP contribution >= 0.6 is 11.6 Å². The Labute approximate surface area is 157 Å². The largest absolute Gasteiger partial charge is 0.301 e. The van der Waals surface area contributed by atoms with Crippen molar-refractivity contribution in [3.05, 3.63) is 85.9 Å². The topological polar surface area (TPSA) is 128 Å². The molecule has 0 unspecified atom stereocenters. The second-order valence-corrected chi connectivity index (χ2v) is 5.57. The number of hydrogen-bond acceptors (Lipinski definition) is 7. The van der Waals surface area contributed by atoms with E-state index in [0.29, 0.717) is 5.69 Å². The first-order valence-electron chi connectivity index (χ1n) is 7.47. The molecule has 3 aromatic rings. The Morgan fingerprint density at radius 1 is 1.11 bits per heavy atom. The van der Waals surface area contributed by atoms with Crippen LogP contribution in [0.2, 0.25) is 5.15 Å². The lowest BCUT2D eigenvalue weighted by Crippen LogP contribution is -2.01. The van der Waals surface area contributed by atoms with Crippen molar-refractivity contribution >= 4 is 34.9 Å². The number of aromatic nitrogens is 2. The molecule has 0 bridgehead atoms. The van der Waals surface area contributed by atoms with E-state index in [9.17, 15) is 20.2 Å². The van der Waals surface area contributed by atoms with Gasteiger partial charge in [0.15, 0.2) is 5.15 Å². The highest BCUT2D eigenvalue weighted by Crippen LogP contribution is 2.29. The van der Waals surface area contributed by atoms with Gasteiger partial charge in [0.05, 0.1) is 22.1 Å². The van der Waals surface area contributed by atoms with Gasteiger partial charge in [-0.25, -0.2) is 4.98 Å². The molecule has 0 fully saturated rings. The van der Waals surface area contributed by atoms with E-state index in [0.717, 1.165) is 17.8 Å². The van der Waals surface area contributed by atoms with Gasteiger partial charge in [0.2, 0.25) is 0 Å². The van der Waals surface area contributed by atoms with Gasteiger partial charge in [0.1, 0.15) is 17.7 Å². The smallest absolute Gasteiger partial charge is 0.297 e. The highest BCUT2D eigenvalue weighted by molar-refractivity contribution is 6.31. The summed E-state index contributed by atoms with van der Waals surface area (Å²) in [6, 6.07) is 12.5. The average Bonchev–Trinajstić information content (AvgIpc) is 3.03. The summed E-state index contributed by atoms with van der Waals surface area (Å²) in [4.78, 5) is 24.5. The molecule has 10 nitrogen and oxygen atoms in total. The first-order chi connectivity index (χ1) is 13.0. The molecule has 0 aliphatic heterocycles. The van der Waals surface area contributed by atoms with Gasteiger partial charge >= 0.3 is 5.69 Å². The molecule has 0 saturated heterocycles. The Kier molecular flexibility index (Phi) is 5.08. The fourth-order valence-electron chi connectivity index (χ4n) is 2.29. The van der Waals surface area contributed by atoms with Gasteiger partial charge in [-0.2, -0.15) is 5.10 Å². The molecule has 136 valence electrons. The van der Waals surface area contributed by atoms with Gasteiger partial charge in [0.25, 0.3) is 5.69 Å². The molecule has 0 aliphatic rings. The molecule has 1 N–H and O–H groups in total. The molecular weight excluding hydrogens is 376 g/mol. The van der Waals surface area contributed by atoms with Crippen LogP contribution in [0.15, 0.2) is 60.0 Å². The molecule has 1 heterocycles. The molecule has 11 heteroatoms. The van der Waals surface area contributed by atoms with E-state index in [2.05, 4.69) is 15.5 Å². The van der Waals surface area contributed by atoms with Gasteiger partial charge in [-0.05, 0) is 18.2 Å². The summed E-state index contributed by atoms with van der Waals surface area (Å²) in [7, 11) is 0. The SMILES string of the molecule is O=[N+]([O-])c1ccc(N/N=C/c2c(Cl)ncn2-c2ccccc2)c([N+](=O)[O-])c1. The summed E-state index contributed by atoms with van der Waals surface area (Å²) in [6.07, 6.45) is 2.88. The molecule has 0 atom stereocenters. The van der Waals surface area contributed by atoms with Crippen molar-refractivity contribution in [2.24, 2.45) is 5.10 Å². The third kappa shape index (κ3) is 3.90. The van der Waals surface area contributed by atoms with E-state index in [1.807, 2.05) is 30.3 Å². The molecule has 0 saturated carbocycles. The summed E-state index contributed by atoms with van der Waals surface area (Å²) in [6.45, 7) is 0. The molecule has 3 rings (SSSR count). The molecule has 0 radical (unpaired) electrons. The van der Waals surface area contributed by atoms with Crippen LogP contribution in [0.3, 0.4) is 0 Å². The van der Waals surface area contributed by atoms with Crippen LogP contribution in [-0.4, -0.2) is 25.6 Å². The first-order valence-corrected chi connectivity index (χ1v) is 7.85. The minimum atomic E-state index is -0.730. The van der Waals surface area contributed by atoms with Crippen LogP contribution in [0.25, 0.3) is 5.69 Å². The Bertz CT molecular complexity index is 1030. The summed E-state index contributed by atoms with van der Waals surface area (Å²) in [5, 5.41) is 26.1. The summed E-state index contributed by atoms with van der Waals surface area (Å²) >= 11 is 6.08. The highest BCUT2D eigenvalue weighted by Gasteiger charge is 2.19. The molecule has 0 amide bonds. The summed E-state index contributed by atoms with van der Waals surface area (Å²) < 4.78 is 1.69. The van der Waals surface area contributed by atoms with E-state index >= 15 is 0 Å². The van der Waals surface area contributed by atoms with Gasteiger partial charge < -0.3 is 0 Å². The first kappa shape index (κ1) is 18.0. The second kappa shape index (κ2) is 7.62. The van der Waals surface area contributed by atoms with Gasteiger partial charge in [-0.3, -0.25) is 30.2 Å². The van der Waals surface area contributed by atoms with Crippen molar-refractivity contribution in [1.82, 2.24) is 9.55 Å². The standard InChI is InChI=1S/C16H11ClN6O4/c17-16-15(21(10-18-16)11-4-2-1-3-5-11)9-19-20-13-7-6-12(22(24)25)8-14(13)23(26)27/h1-10,20H/b19-9+. The van der Waals surface area contributed by atoms with Crippen molar-refractivity contribution in [3.63, 3.8) is 0 Å². The van der Waals surface area contributed by atoms with Crippen LogP contribution in [0.4, 0.5) is 17.1 Å². The number of nitrogens with one attached hydrogen (secondary N) is 1. The summed E-state index contributed by atoms with van der Waals surface area (Å²) in [5.74, 6) is 0. The maximum atomic E-state index is 11.1. The fourth-order valence-corrected chi connectivity index (χ4v) is 2.47. The predicted octanol–water partition coefficient (Wildman–Crippen LogP) is 3.79. The molecule has 2 aromatic carbocycles. The van der Waals surface area contributed by atoms with E-state index in [4.69, 9.17) is 11.6 Å². The van der Waals surface area contributed by atoms with E-state index in [1.54, 1.807) is 4.57 Å². The van der Waals surface area contributed by atoms with E-state index in [-0.39, 0.29) is 16.5 Å². The molecular formula is C16H11ClN6O4. The van der Waals surface area contributed by atoms with Crippen molar-refractivity contribution in [3.8, 4) is 5.69 Å². The number of hydrogen-bond donors (Lipinski definition) is 1. The van der Waals surface area contributed by atoms with Crippen LogP contribution in [-0.2, 0) is 0 Å². The Morgan fingerprint density at radius 2 is 1.85 bits per heavy atom. The Morgan fingerprint density at radius 3 is 2.52 bits per heavy atom. The quantitative estimate of drug-likeness (QED) is 0.390. The maximum absolute atomic E-state index is 11.1. The lowest BCUT2D eigenvalue weighted by molar-refractivity contribution is -0.393. The Hall–Kier alpha value is -3.79. The Balaban J connectivity index is 1.88. The number of benzene rings is 2. The fraction of sp³-hybridized carbons (Fsp3) is 0. The highest BCUT2D eigenvalue weighted by atomic mass is 35.5. The van der Waals surface area contributed by atoms with Crippen molar-refractivity contribution in [2.75, 3.05) is 5.43 Å². The number of hydrazone groups is 1. The number of anilines is 1. The van der Waals surface area contributed by atoms with Crippen LogP contribution < -0.4 is 5.43 Å². The van der Waals surface area contributed by atoms with Crippen LogP contribution in [0.5, 0.6) is 0 Å². The molecule has 0 spiro atoms. The maximum Gasteiger partial charge on any atom is 0.301 e. The number of para-hydroxylation sites is 1. The van der Waals surface area contributed by atoms with E-state index in [1.165, 1.54) is 18.6 Å².